The maximum atomic E-state index is 3.88. The Morgan fingerprint density at radius 1 is 1.14 bits per heavy atom. The summed E-state index contributed by atoms with van der Waals surface area (Å²) in [5, 5.41) is 3.88. The van der Waals surface area contributed by atoms with Crippen molar-refractivity contribution in [1.82, 2.24) is 5.32 Å². The molecule has 1 saturated carbocycles. The number of hydrogen-bond acceptors (Lipinski definition) is 1. The predicted molar refractivity (Wildman–Crippen MR) is 92.4 cm³/mol. The summed E-state index contributed by atoms with van der Waals surface area (Å²) in [6.45, 7) is 10.6. The van der Waals surface area contributed by atoms with Crippen LogP contribution in [0.4, 0.5) is 0 Å². The molecular formula is C20H33N. The Kier molecular flexibility index (Phi) is 5.87. The van der Waals surface area contributed by atoms with Crippen LogP contribution < -0.4 is 5.32 Å². The Morgan fingerprint density at radius 3 is 2.48 bits per heavy atom. The van der Waals surface area contributed by atoms with E-state index >= 15 is 0 Å². The zero-order valence-corrected chi connectivity index (χ0v) is 14.4. The van der Waals surface area contributed by atoms with Crippen LogP contribution in [-0.2, 0) is 0 Å². The van der Waals surface area contributed by atoms with Crippen LogP contribution in [-0.4, -0.2) is 6.54 Å². The summed E-state index contributed by atoms with van der Waals surface area (Å²) in [5.74, 6) is 1.79. The molecule has 3 atom stereocenters. The van der Waals surface area contributed by atoms with Crippen molar-refractivity contribution in [3.63, 3.8) is 0 Å². The molecule has 0 heterocycles. The topological polar surface area (TPSA) is 12.0 Å². The monoisotopic (exact) mass is 287 g/mol. The lowest BCUT2D eigenvalue weighted by molar-refractivity contribution is 0.248. The summed E-state index contributed by atoms with van der Waals surface area (Å²) >= 11 is 0. The maximum absolute atomic E-state index is 3.88. The van der Waals surface area contributed by atoms with E-state index in [2.05, 4.69) is 63.3 Å². The molecule has 1 N–H and O–H groups in total. The Labute approximate surface area is 131 Å². The fraction of sp³-hybridized carbons (Fsp3) is 0.700. The summed E-state index contributed by atoms with van der Waals surface area (Å²) in [5.41, 5.74) is 1.80. The highest BCUT2D eigenvalue weighted by atomic mass is 14.9. The summed E-state index contributed by atoms with van der Waals surface area (Å²) < 4.78 is 0. The molecule has 1 aliphatic rings. The summed E-state index contributed by atoms with van der Waals surface area (Å²) in [4.78, 5) is 0. The highest BCUT2D eigenvalue weighted by Crippen LogP contribution is 2.31. The van der Waals surface area contributed by atoms with Gasteiger partial charge in [-0.05, 0) is 48.6 Å². The van der Waals surface area contributed by atoms with Crippen molar-refractivity contribution in [2.75, 3.05) is 6.54 Å². The van der Waals surface area contributed by atoms with Crippen LogP contribution in [0.3, 0.4) is 0 Å². The molecule has 0 amide bonds. The minimum Gasteiger partial charge on any atom is -0.310 e. The van der Waals surface area contributed by atoms with Gasteiger partial charge in [0.05, 0.1) is 0 Å². The molecule has 1 aromatic carbocycles. The van der Waals surface area contributed by atoms with Gasteiger partial charge in [0.25, 0.3) is 0 Å². The Morgan fingerprint density at radius 2 is 1.86 bits per heavy atom. The van der Waals surface area contributed by atoms with Gasteiger partial charge in [-0.2, -0.15) is 0 Å². The van der Waals surface area contributed by atoms with E-state index < -0.39 is 0 Å². The van der Waals surface area contributed by atoms with E-state index in [0.717, 1.165) is 11.8 Å². The van der Waals surface area contributed by atoms with Gasteiger partial charge >= 0.3 is 0 Å². The average Bonchev–Trinajstić information content (AvgIpc) is 2.43. The van der Waals surface area contributed by atoms with Crippen LogP contribution in [0, 0.1) is 17.3 Å². The molecule has 0 aromatic heterocycles. The standard InChI is InChI=1S/C20H33N/c1-16-9-8-10-17(13-16)15-21-19(14-20(2,3)4)18-11-6-5-7-12-18/h5-7,11-12,16-17,19,21H,8-10,13-15H2,1-4H3. The second kappa shape index (κ2) is 7.45. The molecule has 0 spiro atoms. The number of nitrogens with one attached hydrogen (secondary N) is 1. The third-order valence-corrected chi connectivity index (χ3v) is 4.72. The van der Waals surface area contributed by atoms with Crippen LogP contribution >= 0.6 is 0 Å². The van der Waals surface area contributed by atoms with Crippen molar-refractivity contribution >= 4 is 0 Å². The van der Waals surface area contributed by atoms with E-state index in [1.165, 1.54) is 44.2 Å². The van der Waals surface area contributed by atoms with Crippen LogP contribution in [0.25, 0.3) is 0 Å². The predicted octanol–water partition coefficient (Wildman–Crippen LogP) is 5.58. The van der Waals surface area contributed by atoms with Crippen LogP contribution in [0.5, 0.6) is 0 Å². The van der Waals surface area contributed by atoms with Crippen LogP contribution in [0.15, 0.2) is 30.3 Å². The number of benzene rings is 1. The van der Waals surface area contributed by atoms with Gasteiger partial charge in [0, 0.05) is 6.04 Å². The lowest BCUT2D eigenvalue weighted by Gasteiger charge is -2.31. The minimum atomic E-state index is 0.355. The van der Waals surface area contributed by atoms with Gasteiger partial charge in [-0.25, -0.2) is 0 Å². The zero-order chi connectivity index (χ0) is 15.3. The molecule has 1 nitrogen and oxygen atoms in total. The molecular weight excluding hydrogens is 254 g/mol. The van der Waals surface area contributed by atoms with E-state index in [4.69, 9.17) is 0 Å². The quantitative estimate of drug-likeness (QED) is 0.745. The van der Waals surface area contributed by atoms with E-state index in [0.29, 0.717) is 11.5 Å². The Balaban J connectivity index is 1.96. The number of hydrogen-bond donors (Lipinski definition) is 1. The molecule has 1 aromatic rings. The van der Waals surface area contributed by atoms with E-state index in [-0.39, 0.29) is 0 Å². The largest absolute Gasteiger partial charge is 0.310 e. The third kappa shape index (κ3) is 5.82. The fourth-order valence-electron chi connectivity index (χ4n) is 3.66. The van der Waals surface area contributed by atoms with Crippen molar-refractivity contribution in [1.29, 1.82) is 0 Å². The van der Waals surface area contributed by atoms with Gasteiger partial charge in [0.15, 0.2) is 0 Å². The molecule has 2 rings (SSSR count). The normalized spacial score (nSPS) is 24.8. The first kappa shape index (κ1) is 16.5. The molecule has 1 heteroatoms. The van der Waals surface area contributed by atoms with Crippen molar-refractivity contribution in [2.45, 2.75) is 65.8 Å². The summed E-state index contributed by atoms with van der Waals surface area (Å²) in [7, 11) is 0. The molecule has 1 fully saturated rings. The smallest absolute Gasteiger partial charge is 0.0325 e. The third-order valence-electron chi connectivity index (χ3n) is 4.72. The molecule has 0 radical (unpaired) electrons. The van der Waals surface area contributed by atoms with Gasteiger partial charge in [0.2, 0.25) is 0 Å². The van der Waals surface area contributed by atoms with Crippen molar-refractivity contribution < 1.29 is 0 Å². The zero-order valence-electron chi connectivity index (χ0n) is 14.4. The van der Waals surface area contributed by atoms with Gasteiger partial charge in [-0.15, -0.1) is 0 Å². The second-order valence-electron chi connectivity index (χ2n) is 8.27. The Hall–Kier alpha value is -0.820. The molecule has 0 aliphatic heterocycles. The Bertz CT molecular complexity index is 404. The first-order valence-corrected chi connectivity index (χ1v) is 8.72. The van der Waals surface area contributed by atoms with E-state index in [9.17, 15) is 0 Å². The SMILES string of the molecule is CC1CCCC(CNC(CC(C)(C)C)c2ccccc2)C1. The fourth-order valence-corrected chi connectivity index (χ4v) is 3.66. The van der Waals surface area contributed by atoms with E-state index in [1.54, 1.807) is 0 Å². The summed E-state index contributed by atoms with van der Waals surface area (Å²) in [6, 6.07) is 11.5. The van der Waals surface area contributed by atoms with Gasteiger partial charge in [-0.3, -0.25) is 0 Å². The molecule has 1 aliphatic carbocycles. The lowest BCUT2D eigenvalue weighted by atomic mass is 9.81. The van der Waals surface area contributed by atoms with Crippen LogP contribution in [0.1, 0.15) is 71.4 Å². The van der Waals surface area contributed by atoms with E-state index in [1.807, 2.05) is 0 Å². The van der Waals surface area contributed by atoms with Gasteiger partial charge in [-0.1, -0.05) is 70.9 Å². The van der Waals surface area contributed by atoms with Crippen molar-refractivity contribution in [3.05, 3.63) is 35.9 Å². The molecule has 3 unspecified atom stereocenters. The second-order valence-corrected chi connectivity index (χ2v) is 8.27. The summed E-state index contributed by atoms with van der Waals surface area (Å²) in [6.07, 6.45) is 6.86. The van der Waals surface area contributed by atoms with Gasteiger partial charge < -0.3 is 5.32 Å². The first-order valence-electron chi connectivity index (χ1n) is 8.72. The first-order chi connectivity index (χ1) is 9.94. The molecule has 21 heavy (non-hydrogen) atoms. The van der Waals surface area contributed by atoms with Crippen molar-refractivity contribution in [2.24, 2.45) is 17.3 Å². The molecule has 118 valence electrons. The van der Waals surface area contributed by atoms with Gasteiger partial charge in [0.1, 0.15) is 0 Å². The van der Waals surface area contributed by atoms with Crippen molar-refractivity contribution in [3.8, 4) is 0 Å². The molecule has 0 bridgehead atoms. The number of rotatable bonds is 5. The highest BCUT2D eigenvalue weighted by Gasteiger charge is 2.23. The lowest BCUT2D eigenvalue weighted by Crippen LogP contribution is -2.32. The molecule has 0 saturated heterocycles. The highest BCUT2D eigenvalue weighted by molar-refractivity contribution is 5.19. The average molecular weight is 287 g/mol. The maximum Gasteiger partial charge on any atom is 0.0325 e. The minimum absolute atomic E-state index is 0.355. The van der Waals surface area contributed by atoms with Crippen LogP contribution in [0.2, 0.25) is 0 Å².